The summed E-state index contributed by atoms with van der Waals surface area (Å²) in [4.78, 5) is 133. The highest BCUT2D eigenvalue weighted by molar-refractivity contribution is 7.98. The minimum atomic E-state index is -1.50. The number of nitrogens with zero attached hydrogens (tertiary/aromatic N) is 1. The van der Waals surface area contributed by atoms with Gasteiger partial charge >= 0.3 is 6.09 Å². The molecule has 2 aromatic rings. The number of hydrogen-bond donors (Lipinski definition) is 14. The molecule has 408 valence electrons. The Balaban J connectivity index is 0.00000445. The van der Waals surface area contributed by atoms with E-state index in [4.69, 9.17) is 26.1 Å². The molecule has 0 bridgehead atoms. The average Bonchev–Trinajstić information content (AvgIpc) is 3.99. The van der Waals surface area contributed by atoms with Crippen molar-refractivity contribution in [2.24, 2.45) is 17.4 Å². The van der Waals surface area contributed by atoms with Gasteiger partial charge < -0.3 is 83.4 Å². The third-order valence-corrected chi connectivity index (χ3v) is 12.6. The molecule has 9 amide bonds. The normalized spacial score (nSPS) is 21.4. The van der Waals surface area contributed by atoms with Crippen molar-refractivity contribution in [3.05, 3.63) is 23.8 Å². The van der Waals surface area contributed by atoms with Crippen LogP contribution < -0.4 is 54.0 Å². The van der Waals surface area contributed by atoms with Crippen molar-refractivity contribution in [2.45, 2.75) is 120 Å². The Labute approximate surface area is 427 Å². The SMILES string of the molecule is C=O.CCC(C)C1NC(=O)CNC(=O)C(Cc2c(SC)[nH]c3cc(O)ccc23)NC(=O)C(CC(O)COC(=O)NCCCCCCN)NC2CCCN2C(=O)C(CC(N)=O)NC(=O)CNC(=O)CNC1=O.CO. The number of nitrogens with one attached hydrogen (secondary N) is 9. The first-order chi connectivity index (χ1) is 34.9. The van der Waals surface area contributed by atoms with Gasteiger partial charge in [-0.3, -0.25) is 43.7 Å². The number of thioether (sulfide) groups is 1. The van der Waals surface area contributed by atoms with E-state index in [1.165, 1.54) is 28.8 Å². The number of carbonyl (C=O) groups excluding carboxylic acids is 10. The molecule has 2 saturated heterocycles. The van der Waals surface area contributed by atoms with Crippen molar-refractivity contribution in [3.8, 4) is 5.75 Å². The van der Waals surface area contributed by atoms with E-state index in [2.05, 4.69) is 47.5 Å². The zero-order valence-corrected chi connectivity index (χ0v) is 42.7. The number of hydrogen-bond acceptors (Lipinski definition) is 17. The second kappa shape index (κ2) is 33.2. The molecule has 0 spiro atoms. The average molecular weight is 1050 g/mol. The van der Waals surface area contributed by atoms with Gasteiger partial charge in [0.1, 0.15) is 37.3 Å². The highest BCUT2D eigenvalue weighted by Gasteiger charge is 2.38. The van der Waals surface area contributed by atoms with Crippen molar-refractivity contribution < 1.29 is 68.0 Å². The summed E-state index contributed by atoms with van der Waals surface area (Å²) in [5, 5.41) is 50.5. The summed E-state index contributed by atoms with van der Waals surface area (Å²) in [6.07, 6.45) is 1.71. The van der Waals surface area contributed by atoms with Crippen molar-refractivity contribution in [3.63, 3.8) is 0 Å². The number of aromatic hydroxyl groups is 1. The molecule has 27 heteroatoms. The van der Waals surface area contributed by atoms with E-state index in [0.717, 1.165) is 26.4 Å². The van der Waals surface area contributed by atoms with E-state index in [1.807, 2.05) is 6.79 Å². The fourth-order valence-electron chi connectivity index (χ4n) is 7.93. The molecular weight excluding hydrogens is 977 g/mol. The summed E-state index contributed by atoms with van der Waals surface area (Å²) in [6.45, 7) is 4.03. The molecule has 2 fully saturated rings. The van der Waals surface area contributed by atoms with Gasteiger partial charge in [0.15, 0.2) is 0 Å². The smallest absolute Gasteiger partial charge is 0.407 e. The molecule has 0 saturated carbocycles. The van der Waals surface area contributed by atoms with E-state index in [0.29, 0.717) is 53.8 Å². The largest absolute Gasteiger partial charge is 0.508 e. The van der Waals surface area contributed by atoms with Gasteiger partial charge in [0.25, 0.3) is 0 Å². The summed E-state index contributed by atoms with van der Waals surface area (Å²) in [7, 11) is 1.00. The number of aliphatic hydroxyl groups excluding tert-OH is 2. The van der Waals surface area contributed by atoms with Gasteiger partial charge in [0, 0.05) is 44.5 Å². The maximum absolute atomic E-state index is 14.6. The van der Waals surface area contributed by atoms with Crippen LogP contribution in [0.2, 0.25) is 0 Å². The molecule has 2 aliphatic heterocycles. The number of benzene rings is 1. The Hall–Kier alpha value is -6.55. The summed E-state index contributed by atoms with van der Waals surface area (Å²) < 4.78 is 5.26. The van der Waals surface area contributed by atoms with Crippen LogP contribution >= 0.6 is 11.8 Å². The second-order valence-electron chi connectivity index (χ2n) is 17.1. The van der Waals surface area contributed by atoms with Crippen LogP contribution in [0.25, 0.3) is 10.9 Å². The highest BCUT2D eigenvalue weighted by atomic mass is 32.2. The quantitative estimate of drug-likeness (QED) is 0.0562. The summed E-state index contributed by atoms with van der Waals surface area (Å²) in [6, 6.07) is -0.873. The highest BCUT2D eigenvalue weighted by Crippen LogP contribution is 2.32. The number of nitrogens with two attached hydrogens (primary N) is 2. The minimum absolute atomic E-state index is 0.0213. The molecule has 26 nitrogen and oxygen atoms in total. The zero-order valence-electron chi connectivity index (χ0n) is 41.8. The summed E-state index contributed by atoms with van der Waals surface area (Å²) in [5.41, 5.74) is 12.1. The molecular formula is C46H74N12O14S. The number of fused-ring (bicyclic) bond motifs is 2. The van der Waals surface area contributed by atoms with Crippen LogP contribution in [-0.2, 0) is 54.3 Å². The maximum atomic E-state index is 14.6. The lowest BCUT2D eigenvalue weighted by Gasteiger charge is -2.33. The predicted octanol–water partition coefficient (Wildman–Crippen LogP) is -2.80. The molecule has 0 radical (unpaired) electrons. The Bertz CT molecular complexity index is 2170. The fourth-order valence-corrected chi connectivity index (χ4v) is 8.58. The molecule has 1 aromatic heterocycles. The van der Waals surface area contributed by atoms with Crippen LogP contribution in [0.1, 0.15) is 77.2 Å². The number of primary amides is 1. The van der Waals surface area contributed by atoms with E-state index >= 15 is 0 Å². The van der Waals surface area contributed by atoms with E-state index in [1.54, 1.807) is 26.2 Å². The van der Waals surface area contributed by atoms with E-state index in [9.17, 15) is 53.4 Å². The van der Waals surface area contributed by atoms with Gasteiger partial charge in [-0.05, 0) is 62.1 Å². The third-order valence-electron chi connectivity index (χ3n) is 11.8. The monoisotopic (exact) mass is 1050 g/mol. The topological polar surface area (TPSA) is 408 Å². The number of aliphatic hydroxyl groups is 2. The van der Waals surface area contributed by atoms with Crippen LogP contribution in [0, 0.1) is 5.92 Å². The second-order valence-corrected chi connectivity index (χ2v) is 17.9. The Morgan fingerprint density at radius 2 is 1.55 bits per heavy atom. The zero-order chi connectivity index (χ0) is 54.6. The summed E-state index contributed by atoms with van der Waals surface area (Å²) >= 11 is 1.31. The summed E-state index contributed by atoms with van der Waals surface area (Å²) in [5.74, 6) is -6.95. The first-order valence-corrected chi connectivity index (χ1v) is 25.1. The number of alkyl carbamates (subject to hydrolysis) is 1. The number of phenolic OH excluding ortho intramolecular Hbond substituents is 1. The van der Waals surface area contributed by atoms with Gasteiger partial charge in [-0.2, -0.15) is 0 Å². The molecule has 3 heterocycles. The Kier molecular flexibility index (Phi) is 28.5. The van der Waals surface area contributed by atoms with Crippen LogP contribution in [-0.4, -0.2) is 181 Å². The number of aromatic nitrogens is 1. The van der Waals surface area contributed by atoms with Gasteiger partial charge in [-0.15, -0.1) is 11.8 Å². The van der Waals surface area contributed by atoms with Gasteiger partial charge in [0.05, 0.1) is 54.9 Å². The number of rotatable bonds is 17. The molecule has 4 rings (SSSR count). The predicted molar refractivity (Wildman–Crippen MR) is 268 cm³/mol. The molecule has 16 N–H and O–H groups in total. The van der Waals surface area contributed by atoms with E-state index in [-0.39, 0.29) is 25.1 Å². The number of amides is 9. The molecule has 7 atom stereocenters. The van der Waals surface area contributed by atoms with Crippen LogP contribution in [0.3, 0.4) is 0 Å². The number of unbranched alkanes of at least 4 members (excludes halogenated alkanes) is 3. The fraction of sp³-hybridized carbons (Fsp3) is 0.609. The van der Waals surface area contributed by atoms with Crippen molar-refractivity contribution in [2.75, 3.05) is 59.2 Å². The van der Waals surface area contributed by atoms with Crippen molar-refractivity contribution >= 4 is 82.8 Å². The van der Waals surface area contributed by atoms with E-state index < -0.39 is 135 Å². The van der Waals surface area contributed by atoms with Gasteiger partial charge in [-0.25, -0.2) is 4.79 Å². The Morgan fingerprint density at radius 3 is 2.22 bits per heavy atom. The lowest BCUT2D eigenvalue weighted by molar-refractivity contribution is -0.140. The molecule has 2 aliphatic rings. The number of aromatic amines is 1. The van der Waals surface area contributed by atoms with Crippen LogP contribution in [0.15, 0.2) is 23.2 Å². The first-order valence-electron chi connectivity index (χ1n) is 23.9. The molecule has 7 unspecified atom stereocenters. The molecule has 1 aromatic carbocycles. The number of phenols is 1. The van der Waals surface area contributed by atoms with Crippen LogP contribution in [0.5, 0.6) is 5.75 Å². The van der Waals surface area contributed by atoms with Gasteiger partial charge in [0.2, 0.25) is 47.3 Å². The standard InChI is InChI=1S/C44H68N12O12S.CH4O.CH2O/c1-4-24(2)38-41(65)50-20-35(60)48-21-36(61)52-32(19-33(46)59)43(66)56-15-9-10-34(56)51-30(17-26(58)23-68-44(67)47-14-8-6-5-7-13-45)40(64)53-31(39(63)49-22-37(62)55-38)18-28-27-12-11-25(57)16-29(27)54-42(28)69-3;2*1-2/h11-12,16,24,26,30-32,34,38,51,54,57-58H,4-10,13-15,17-23,45H2,1-3H3,(H2,46,59)(H,47,67)(H,48,60)(H,49,63)(H,50,65)(H,52,61)(H,53,64)(H,55,62);2H,1H3;1H2. The lowest BCUT2D eigenvalue weighted by atomic mass is 9.98. The van der Waals surface area contributed by atoms with Crippen molar-refractivity contribution in [1.29, 1.82) is 0 Å². The van der Waals surface area contributed by atoms with Crippen molar-refractivity contribution in [1.82, 2.24) is 52.4 Å². The number of H-pyrrole nitrogens is 1. The molecule has 73 heavy (non-hydrogen) atoms. The van der Waals surface area contributed by atoms with Crippen LogP contribution in [0.4, 0.5) is 4.79 Å². The number of ether oxygens (including phenoxy) is 1. The third kappa shape index (κ3) is 20.8. The first kappa shape index (κ1) is 62.6. The molecule has 0 aliphatic carbocycles. The number of carbonyl (C=O) groups is 10. The maximum Gasteiger partial charge on any atom is 0.407 e. The lowest BCUT2D eigenvalue weighted by Crippen LogP contribution is -2.60. The Morgan fingerprint density at radius 1 is 0.890 bits per heavy atom. The minimum Gasteiger partial charge on any atom is -0.508 e. The van der Waals surface area contributed by atoms with Gasteiger partial charge in [-0.1, -0.05) is 33.1 Å².